The van der Waals surface area contributed by atoms with E-state index in [2.05, 4.69) is 41.5 Å². The second-order valence-corrected chi connectivity index (χ2v) is 6.78. The molecule has 1 rings (SSSR count). The van der Waals surface area contributed by atoms with Crippen LogP contribution in [0.25, 0.3) is 0 Å². The first-order valence-corrected chi connectivity index (χ1v) is 5.68. The molecule has 1 heterocycles. The van der Waals surface area contributed by atoms with Crippen molar-refractivity contribution in [3.05, 3.63) is 22.1 Å². The summed E-state index contributed by atoms with van der Waals surface area (Å²) >= 11 is 0. The van der Waals surface area contributed by atoms with Crippen LogP contribution in [0.3, 0.4) is 0 Å². The minimum absolute atomic E-state index is 0.0897. The van der Waals surface area contributed by atoms with E-state index in [9.17, 15) is 4.79 Å². The average Bonchev–Trinajstić information content (AvgIpc) is 2.23. The van der Waals surface area contributed by atoms with E-state index < -0.39 is 5.82 Å². The van der Waals surface area contributed by atoms with E-state index in [1.54, 1.807) is 0 Å². The molecule has 1 aromatic heterocycles. The Balaban J connectivity index is 2.97. The van der Waals surface area contributed by atoms with Crippen LogP contribution in [0.5, 0.6) is 0 Å². The molecule has 0 aromatic carbocycles. The molecule has 0 bridgehead atoms. The molecular formula is C13H22O3. The van der Waals surface area contributed by atoms with Gasteiger partial charge in [-0.3, -0.25) is 0 Å². The van der Waals surface area contributed by atoms with E-state index >= 15 is 0 Å². The lowest BCUT2D eigenvalue weighted by molar-refractivity contribution is 0.330. The van der Waals surface area contributed by atoms with Crippen molar-refractivity contribution >= 4 is 0 Å². The number of hydrogen-bond donors (Lipinski definition) is 0. The second kappa shape index (κ2) is 4.11. The Morgan fingerprint density at radius 2 is 1.12 bits per heavy atom. The van der Waals surface area contributed by atoms with Crippen molar-refractivity contribution in [1.29, 1.82) is 0 Å². The molecule has 0 amide bonds. The SMILES string of the molecule is CC(C)(C)Cc1oc(=O)oc1CC(C)(C)C. The van der Waals surface area contributed by atoms with Crippen molar-refractivity contribution in [3.8, 4) is 0 Å². The lowest BCUT2D eigenvalue weighted by Gasteiger charge is -2.19. The first kappa shape index (κ1) is 13.1. The van der Waals surface area contributed by atoms with Crippen molar-refractivity contribution in [2.75, 3.05) is 0 Å². The van der Waals surface area contributed by atoms with Gasteiger partial charge in [0.2, 0.25) is 0 Å². The highest BCUT2D eigenvalue weighted by atomic mass is 16.6. The molecule has 0 unspecified atom stereocenters. The van der Waals surface area contributed by atoms with Crippen molar-refractivity contribution in [3.63, 3.8) is 0 Å². The molecule has 0 spiro atoms. The van der Waals surface area contributed by atoms with Gasteiger partial charge in [-0.15, -0.1) is 0 Å². The largest absolute Gasteiger partial charge is 0.519 e. The lowest BCUT2D eigenvalue weighted by Crippen LogP contribution is -2.13. The van der Waals surface area contributed by atoms with E-state index in [0.717, 1.165) is 12.8 Å². The fourth-order valence-corrected chi connectivity index (χ4v) is 1.57. The van der Waals surface area contributed by atoms with Gasteiger partial charge in [0.05, 0.1) is 0 Å². The summed E-state index contributed by atoms with van der Waals surface area (Å²) in [6.07, 6.45) is 1.45. The minimum Gasteiger partial charge on any atom is -0.396 e. The summed E-state index contributed by atoms with van der Waals surface area (Å²) in [6, 6.07) is 0. The topological polar surface area (TPSA) is 43.4 Å². The summed E-state index contributed by atoms with van der Waals surface area (Å²) < 4.78 is 10.2. The molecule has 1 aromatic rings. The number of rotatable bonds is 2. The van der Waals surface area contributed by atoms with E-state index in [1.165, 1.54) is 0 Å². The Hall–Kier alpha value is -0.990. The highest BCUT2D eigenvalue weighted by molar-refractivity contribution is 5.07. The van der Waals surface area contributed by atoms with E-state index in [4.69, 9.17) is 8.83 Å². The standard InChI is InChI=1S/C13H22O3/c1-12(2,3)7-9-10(8-13(4,5)6)16-11(14)15-9/h7-8H2,1-6H3. The molecule has 0 atom stereocenters. The zero-order chi connectivity index (χ0) is 12.6. The first-order valence-electron chi connectivity index (χ1n) is 5.68. The molecule has 0 radical (unpaired) electrons. The van der Waals surface area contributed by atoms with Crippen LogP contribution in [0.1, 0.15) is 53.1 Å². The van der Waals surface area contributed by atoms with Gasteiger partial charge >= 0.3 is 5.82 Å². The van der Waals surface area contributed by atoms with Crippen LogP contribution in [0.15, 0.2) is 13.6 Å². The van der Waals surface area contributed by atoms with Gasteiger partial charge in [0.15, 0.2) is 11.5 Å². The molecule has 92 valence electrons. The lowest BCUT2D eigenvalue weighted by atomic mass is 9.86. The highest BCUT2D eigenvalue weighted by Gasteiger charge is 2.23. The van der Waals surface area contributed by atoms with Gasteiger partial charge in [0.1, 0.15) is 0 Å². The second-order valence-electron chi connectivity index (χ2n) is 6.78. The summed E-state index contributed by atoms with van der Waals surface area (Å²) in [5, 5.41) is 0. The minimum atomic E-state index is -0.585. The van der Waals surface area contributed by atoms with Crippen molar-refractivity contribution in [2.45, 2.75) is 54.4 Å². The monoisotopic (exact) mass is 226 g/mol. The molecule has 0 aliphatic rings. The predicted octanol–water partition coefficient (Wildman–Crippen LogP) is 3.41. The van der Waals surface area contributed by atoms with Crippen molar-refractivity contribution in [1.82, 2.24) is 0 Å². The van der Waals surface area contributed by atoms with Crippen LogP contribution in [0.4, 0.5) is 0 Å². The Labute approximate surface area is 96.8 Å². The third-order valence-electron chi connectivity index (χ3n) is 2.11. The van der Waals surface area contributed by atoms with Crippen LogP contribution >= 0.6 is 0 Å². The van der Waals surface area contributed by atoms with Gasteiger partial charge in [-0.05, 0) is 10.8 Å². The maximum absolute atomic E-state index is 11.1. The van der Waals surface area contributed by atoms with Gasteiger partial charge < -0.3 is 8.83 Å². The van der Waals surface area contributed by atoms with Crippen LogP contribution in [-0.4, -0.2) is 0 Å². The van der Waals surface area contributed by atoms with Crippen LogP contribution < -0.4 is 5.82 Å². The van der Waals surface area contributed by atoms with Crippen LogP contribution in [-0.2, 0) is 12.8 Å². The Morgan fingerprint density at radius 3 is 1.38 bits per heavy atom. The van der Waals surface area contributed by atoms with Crippen LogP contribution in [0, 0.1) is 10.8 Å². The maximum Gasteiger partial charge on any atom is 0.519 e. The van der Waals surface area contributed by atoms with E-state index in [0.29, 0.717) is 11.5 Å². The fraction of sp³-hybridized carbons (Fsp3) is 0.769. The molecule has 0 aliphatic heterocycles. The third kappa shape index (κ3) is 4.25. The van der Waals surface area contributed by atoms with E-state index in [1.807, 2.05) is 0 Å². The third-order valence-corrected chi connectivity index (χ3v) is 2.11. The molecular weight excluding hydrogens is 204 g/mol. The highest BCUT2D eigenvalue weighted by Crippen LogP contribution is 2.27. The summed E-state index contributed by atoms with van der Waals surface area (Å²) in [4.78, 5) is 11.1. The Morgan fingerprint density at radius 1 is 0.812 bits per heavy atom. The summed E-state index contributed by atoms with van der Waals surface area (Å²) in [5.74, 6) is 0.818. The van der Waals surface area contributed by atoms with Gasteiger partial charge in [0.25, 0.3) is 0 Å². The maximum atomic E-state index is 11.1. The predicted molar refractivity (Wildman–Crippen MR) is 63.6 cm³/mol. The smallest absolute Gasteiger partial charge is 0.396 e. The fourth-order valence-electron chi connectivity index (χ4n) is 1.57. The molecule has 0 aliphatic carbocycles. The first-order chi connectivity index (χ1) is 7.07. The van der Waals surface area contributed by atoms with E-state index in [-0.39, 0.29) is 10.8 Å². The molecule has 0 fully saturated rings. The average molecular weight is 226 g/mol. The van der Waals surface area contributed by atoms with Gasteiger partial charge in [-0.1, -0.05) is 41.5 Å². The molecule has 0 N–H and O–H groups in total. The van der Waals surface area contributed by atoms with Crippen molar-refractivity contribution in [2.24, 2.45) is 10.8 Å². The zero-order valence-electron chi connectivity index (χ0n) is 11.1. The normalized spacial score (nSPS) is 13.1. The summed E-state index contributed by atoms with van der Waals surface area (Å²) in [7, 11) is 0. The van der Waals surface area contributed by atoms with Crippen LogP contribution in [0.2, 0.25) is 0 Å². The Bertz CT molecular complexity index is 360. The zero-order valence-corrected chi connectivity index (χ0v) is 11.1. The van der Waals surface area contributed by atoms with Gasteiger partial charge in [-0.25, -0.2) is 4.79 Å². The summed E-state index contributed by atoms with van der Waals surface area (Å²) in [5.41, 5.74) is 0.179. The molecule has 3 nitrogen and oxygen atoms in total. The molecule has 16 heavy (non-hydrogen) atoms. The molecule has 0 saturated carbocycles. The summed E-state index contributed by atoms with van der Waals surface area (Å²) in [6.45, 7) is 12.7. The molecule has 3 heteroatoms. The quantitative estimate of drug-likeness (QED) is 0.776. The van der Waals surface area contributed by atoms with Crippen molar-refractivity contribution < 1.29 is 8.83 Å². The Kier molecular flexibility index (Phi) is 3.36. The molecule has 0 saturated heterocycles. The van der Waals surface area contributed by atoms with Gasteiger partial charge in [-0.2, -0.15) is 0 Å². The van der Waals surface area contributed by atoms with Gasteiger partial charge in [0, 0.05) is 12.8 Å². The number of hydrogen-bond acceptors (Lipinski definition) is 3.